The van der Waals surface area contributed by atoms with Crippen molar-refractivity contribution in [2.45, 2.75) is 38.0 Å². The highest BCUT2D eigenvalue weighted by atomic mass is 32.1. The van der Waals surface area contributed by atoms with Gasteiger partial charge in [0.1, 0.15) is 12.1 Å². The zero-order chi connectivity index (χ0) is 28.9. The fourth-order valence-corrected chi connectivity index (χ4v) is 9.09. The number of benzene rings is 2. The second-order valence-corrected chi connectivity index (χ2v) is 13.3. The van der Waals surface area contributed by atoms with Crippen LogP contribution in [0, 0.1) is 25.7 Å². The lowest BCUT2D eigenvalue weighted by Gasteiger charge is -2.35. The Hall–Kier alpha value is -3.96. The predicted molar refractivity (Wildman–Crippen MR) is 160 cm³/mol. The molecular weight excluding hydrogens is 569 g/mol. The Kier molecular flexibility index (Phi) is 5.68. The van der Waals surface area contributed by atoms with Gasteiger partial charge in [0.15, 0.2) is 0 Å². The van der Waals surface area contributed by atoms with Crippen molar-refractivity contribution >= 4 is 57.7 Å². The van der Waals surface area contributed by atoms with Gasteiger partial charge in [-0.15, -0.1) is 22.7 Å². The third kappa shape index (κ3) is 3.40. The summed E-state index contributed by atoms with van der Waals surface area (Å²) >= 11 is 2.99. The lowest BCUT2D eigenvalue weighted by atomic mass is 9.88. The quantitative estimate of drug-likeness (QED) is 0.314. The summed E-state index contributed by atoms with van der Waals surface area (Å²) in [5.74, 6) is -2.66. The molecule has 0 aliphatic carbocycles. The van der Waals surface area contributed by atoms with Gasteiger partial charge in [0.2, 0.25) is 11.8 Å². The molecule has 4 aliphatic rings. The van der Waals surface area contributed by atoms with Gasteiger partial charge in [-0.2, -0.15) is 0 Å². The van der Waals surface area contributed by atoms with Crippen molar-refractivity contribution in [1.82, 2.24) is 10.0 Å². The van der Waals surface area contributed by atoms with E-state index < -0.39 is 36.0 Å². The number of amides is 4. The number of fused-ring (bicyclic) bond motifs is 5. The fraction of sp³-hybridized carbons (Fsp3) is 0.250. The zero-order valence-electron chi connectivity index (χ0n) is 22.8. The van der Waals surface area contributed by atoms with E-state index in [1.807, 2.05) is 95.3 Å². The minimum Gasteiger partial charge on any atom is -0.274 e. The van der Waals surface area contributed by atoms with E-state index in [0.29, 0.717) is 11.4 Å². The molecule has 0 unspecified atom stereocenters. The Bertz CT molecular complexity index is 1640. The number of anilines is 2. The predicted octanol–water partition coefficient (Wildman–Crippen LogP) is 4.87. The number of carbonyl (C=O) groups excluding carboxylic acids is 4. The lowest BCUT2D eigenvalue weighted by molar-refractivity contribution is -0.135. The third-order valence-electron chi connectivity index (χ3n) is 8.91. The van der Waals surface area contributed by atoms with Crippen molar-refractivity contribution in [3.05, 3.63) is 104 Å². The van der Waals surface area contributed by atoms with Crippen LogP contribution in [0.4, 0.5) is 11.4 Å². The molecule has 210 valence electrons. The van der Waals surface area contributed by atoms with Crippen molar-refractivity contribution < 1.29 is 19.2 Å². The Labute approximate surface area is 250 Å². The van der Waals surface area contributed by atoms with E-state index in [4.69, 9.17) is 0 Å². The molecule has 0 radical (unpaired) electrons. The zero-order valence-corrected chi connectivity index (χ0v) is 24.4. The van der Waals surface area contributed by atoms with E-state index in [9.17, 15) is 19.2 Å². The van der Waals surface area contributed by atoms with Gasteiger partial charge < -0.3 is 0 Å². The molecule has 4 amide bonds. The van der Waals surface area contributed by atoms with Crippen LogP contribution in [-0.2, 0) is 19.2 Å². The van der Waals surface area contributed by atoms with Crippen molar-refractivity contribution in [2.24, 2.45) is 11.8 Å². The van der Waals surface area contributed by atoms with E-state index in [0.717, 1.165) is 20.9 Å². The van der Waals surface area contributed by atoms with Gasteiger partial charge in [-0.3, -0.25) is 19.2 Å². The van der Waals surface area contributed by atoms with Gasteiger partial charge in [0.25, 0.3) is 11.8 Å². The number of thiophene rings is 2. The minimum atomic E-state index is -0.837. The van der Waals surface area contributed by atoms with Crippen LogP contribution in [0.25, 0.3) is 0 Å². The topological polar surface area (TPSA) is 81.2 Å². The average Bonchev–Trinajstić information content (AvgIpc) is 3.79. The number of hydrogen-bond acceptors (Lipinski definition) is 8. The summed E-state index contributed by atoms with van der Waals surface area (Å²) in [5.41, 5.74) is 2.98. The van der Waals surface area contributed by atoms with Gasteiger partial charge in [-0.1, -0.05) is 36.4 Å². The molecule has 4 aromatic rings. The maximum Gasteiger partial charge on any atom is 0.253 e. The van der Waals surface area contributed by atoms with E-state index >= 15 is 0 Å². The summed E-state index contributed by atoms with van der Waals surface area (Å²) in [6, 6.07) is 19.7. The third-order valence-corrected chi connectivity index (χ3v) is 10.8. The summed E-state index contributed by atoms with van der Waals surface area (Å²) in [5, 5.41) is 7.74. The summed E-state index contributed by atoms with van der Waals surface area (Å²) in [4.78, 5) is 61.7. The first kappa shape index (κ1) is 25.7. The summed E-state index contributed by atoms with van der Waals surface area (Å²) in [6.07, 6.45) is 0. The molecular formula is C32H26N4O4S2. The number of carbonyl (C=O) groups is 4. The molecule has 0 N–H and O–H groups in total. The molecule has 0 bridgehead atoms. The van der Waals surface area contributed by atoms with Crippen LogP contribution in [0.1, 0.15) is 33.0 Å². The normalized spacial score (nSPS) is 29.1. The van der Waals surface area contributed by atoms with Crippen LogP contribution in [-0.4, -0.2) is 45.7 Å². The molecule has 2 aromatic carbocycles. The summed E-state index contributed by atoms with van der Waals surface area (Å²) in [6.45, 7) is 3.86. The van der Waals surface area contributed by atoms with E-state index in [1.54, 1.807) is 12.1 Å². The lowest BCUT2D eigenvalue weighted by Crippen LogP contribution is -2.50. The minimum absolute atomic E-state index is 0.280. The second kappa shape index (κ2) is 9.27. The average molecular weight is 595 g/mol. The van der Waals surface area contributed by atoms with Gasteiger partial charge in [0.05, 0.1) is 35.3 Å². The van der Waals surface area contributed by atoms with Crippen LogP contribution in [0.3, 0.4) is 0 Å². The summed E-state index contributed by atoms with van der Waals surface area (Å²) in [7, 11) is 0. The molecule has 6 atom stereocenters. The van der Waals surface area contributed by atoms with Crippen LogP contribution < -0.4 is 9.80 Å². The molecule has 4 fully saturated rings. The molecule has 8 nitrogen and oxygen atoms in total. The van der Waals surface area contributed by atoms with E-state index in [-0.39, 0.29) is 23.6 Å². The van der Waals surface area contributed by atoms with Gasteiger partial charge >= 0.3 is 0 Å². The van der Waals surface area contributed by atoms with Crippen molar-refractivity contribution in [3.63, 3.8) is 0 Å². The van der Waals surface area contributed by atoms with Crippen LogP contribution in [0.15, 0.2) is 83.6 Å². The Balaban J connectivity index is 1.31. The molecule has 8 rings (SSSR count). The number of nitrogens with zero attached hydrogens (tertiary/aromatic N) is 4. The largest absolute Gasteiger partial charge is 0.274 e. The maximum atomic E-state index is 14.4. The molecule has 42 heavy (non-hydrogen) atoms. The van der Waals surface area contributed by atoms with Gasteiger partial charge in [-0.05, 0) is 72.1 Å². The Morgan fingerprint density at radius 2 is 0.952 bits per heavy atom. The highest BCUT2D eigenvalue weighted by Crippen LogP contribution is 2.60. The molecule has 4 saturated heterocycles. The number of rotatable bonds is 4. The first-order chi connectivity index (χ1) is 20.4. The maximum absolute atomic E-state index is 14.4. The van der Waals surface area contributed by atoms with Crippen LogP contribution in [0.2, 0.25) is 0 Å². The molecule has 0 spiro atoms. The Morgan fingerprint density at radius 3 is 1.31 bits per heavy atom. The molecule has 10 heteroatoms. The van der Waals surface area contributed by atoms with Crippen LogP contribution >= 0.6 is 22.7 Å². The fourth-order valence-electron chi connectivity index (χ4n) is 7.35. The first-order valence-corrected chi connectivity index (χ1v) is 15.6. The van der Waals surface area contributed by atoms with Gasteiger partial charge in [-0.25, -0.2) is 19.8 Å². The van der Waals surface area contributed by atoms with Crippen molar-refractivity contribution in [1.29, 1.82) is 0 Å². The smallest absolute Gasteiger partial charge is 0.253 e. The van der Waals surface area contributed by atoms with E-state index in [1.165, 1.54) is 32.5 Å². The Morgan fingerprint density at radius 1 is 0.524 bits per heavy atom. The van der Waals surface area contributed by atoms with Gasteiger partial charge in [0, 0.05) is 9.75 Å². The van der Waals surface area contributed by atoms with Crippen LogP contribution in [0.5, 0.6) is 0 Å². The van der Waals surface area contributed by atoms with Crippen molar-refractivity contribution in [3.8, 4) is 0 Å². The highest BCUT2D eigenvalue weighted by molar-refractivity contribution is 7.10. The highest BCUT2D eigenvalue weighted by Gasteiger charge is 2.74. The number of hydrogen-bond donors (Lipinski definition) is 0. The molecule has 4 aliphatic heterocycles. The van der Waals surface area contributed by atoms with E-state index in [2.05, 4.69) is 0 Å². The van der Waals surface area contributed by atoms with Crippen molar-refractivity contribution in [2.75, 3.05) is 9.80 Å². The monoisotopic (exact) mass is 594 g/mol. The standard InChI is InChI=1S/C32H26N4O4S2/c1-17-7-3-9-19(15-17)33-29(37)23-25(21-11-5-13-41-21)36-28-24(26(22-12-6-14-42-22)35(36)27(23)31(33)39)30(38)34(32(28)40)20-10-4-8-18(2)16-20/h3-16,23-28H,1-2H3/t23-,24-,25-,26-,27+,28+/m1/s1. The summed E-state index contributed by atoms with van der Waals surface area (Å²) < 4.78 is 0. The SMILES string of the molecule is Cc1cccc(N2C(=O)[C@H]3[C@@H](C2=O)N2[C@H](c4cccs4)[C@H]4C(=O)N(c5cccc(C)c5)C(=O)[C@H]4N2[C@@H]3c2cccs2)c1. The number of imide groups is 2. The molecule has 2 aromatic heterocycles. The number of hydrazine groups is 1. The second-order valence-electron chi connectivity index (χ2n) is 11.3. The molecule has 6 heterocycles. The number of aryl methyl sites for hydroxylation is 2. The first-order valence-electron chi connectivity index (χ1n) is 13.9. The molecule has 0 saturated carbocycles.